The van der Waals surface area contributed by atoms with Gasteiger partial charge in [0.1, 0.15) is 0 Å². The summed E-state index contributed by atoms with van der Waals surface area (Å²) in [5, 5.41) is 0. The summed E-state index contributed by atoms with van der Waals surface area (Å²) in [5.74, 6) is 0.410. The van der Waals surface area contributed by atoms with Crippen molar-refractivity contribution in [2.24, 2.45) is 10.9 Å². The fourth-order valence-corrected chi connectivity index (χ4v) is 3.09. The average molecular weight is 286 g/mol. The van der Waals surface area contributed by atoms with E-state index in [4.69, 9.17) is 4.99 Å². The van der Waals surface area contributed by atoms with Crippen LogP contribution in [0.3, 0.4) is 0 Å². The fourth-order valence-electron chi connectivity index (χ4n) is 3.09. The molecule has 108 valence electrons. The van der Waals surface area contributed by atoms with E-state index < -0.39 is 0 Å². The molecule has 2 aliphatic heterocycles. The summed E-state index contributed by atoms with van der Waals surface area (Å²) < 4.78 is 0. The molecule has 2 heteroatoms. The Morgan fingerprint density at radius 1 is 1.00 bits per heavy atom. The lowest BCUT2D eigenvalue weighted by molar-refractivity contribution is 0.680. The third-order valence-corrected chi connectivity index (χ3v) is 4.35. The number of allylic oxidation sites excluding steroid dienone is 5. The first-order valence-electron chi connectivity index (χ1n) is 7.65. The molecule has 0 saturated carbocycles. The monoisotopic (exact) mass is 286 g/mol. The smallest absolute Gasteiger partial charge is 0.0787 e. The third-order valence-electron chi connectivity index (χ3n) is 4.35. The molecule has 0 saturated heterocycles. The molecule has 2 unspecified atom stereocenters. The number of fused-ring (bicyclic) bond motifs is 2. The molecule has 2 atom stereocenters. The van der Waals surface area contributed by atoms with E-state index >= 15 is 0 Å². The summed E-state index contributed by atoms with van der Waals surface area (Å²) in [4.78, 5) is 7.06. The van der Waals surface area contributed by atoms with E-state index in [1.807, 2.05) is 0 Å². The zero-order valence-electron chi connectivity index (χ0n) is 12.6. The van der Waals surface area contributed by atoms with Gasteiger partial charge >= 0.3 is 0 Å². The predicted octanol–water partition coefficient (Wildman–Crippen LogP) is 4.16. The zero-order valence-corrected chi connectivity index (χ0v) is 12.6. The first kappa shape index (κ1) is 13.1. The van der Waals surface area contributed by atoms with Crippen LogP contribution in [0.2, 0.25) is 0 Å². The minimum Gasteiger partial charge on any atom is -0.344 e. The van der Waals surface area contributed by atoms with Crippen LogP contribution in [0, 0.1) is 5.92 Å². The Labute approximate surface area is 131 Å². The summed E-state index contributed by atoms with van der Waals surface area (Å²) in [5.41, 5.74) is 4.68. The second kappa shape index (κ2) is 5.30. The van der Waals surface area contributed by atoms with Crippen LogP contribution in [-0.4, -0.2) is 18.8 Å². The molecule has 3 aliphatic rings. The molecule has 0 N–H and O–H groups in total. The standard InChI is InChI=1S/C20H18N2/c1-22-18(13-11-16-7-3-5-9-20(16)22)14-17-12-10-15-6-2-4-8-19(15)21-17/h2-15,19H,1H3/b18-14+. The highest BCUT2D eigenvalue weighted by Crippen LogP contribution is 2.29. The third kappa shape index (κ3) is 2.27. The van der Waals surface area contributed by atoms with Crippen molar-refractivity contribution in [1.82, 2.24) is 0 Å². The molecule has 4 rings (SSSR count). The number of para-hydroxylation sites is 1. The molecule has 0 spiro atoms. The van der Waals surface area contributed by atoms with E-state index in [0.29, 0.717) is 5.92 Å². The Balaban J connectivity index is 1.65. The van der Waals surface area contributed by atoms with Crippen LogP contribution < -0.4 is 4.90 Å². The molecule has 2 nitrogen and oxygen atoms in total. The van der Waals surface area contributed by atoms with Gasteiger partial charge in [-0.25, -0.2) is 0 Å². The van der Waals surface area contributed by atoms with E-state index in [-0.39, 0.29) is 6.04 Å². The Morgan fingerprint density at radius 2 is 1.86 bits per heavy atom. The molecule has 0 fully saturated rings. The molecule has 0 amide bonds. The Kier molecular flexibility index (Phi) is 3.15. The van der Waals surface area contributed by atoms with E-state index in [9.17, 15) is 0 Å². The normalized spacial score (nSPS) is 26.9. The van der Waals surface area contributed by atoms with Gasteiger partial charge in [0.2, 0.25) is 0 Å². The Morgan fingerprint density at radius 3 is 2.82 bits per heavy atom. The van der Waals surface area contributed by atoms with Gasteiger partial charge in [0.25, 0.3) is 0 Å². The molecule has 0 aromatic heterocycles. The molecular weight excluding hydrogens is 268 g/mol. The summed E-state index contributed by atoms with van der Waals surface area (Å²) in [6.07, 6.45) is 19.4. The number of anilines is 1. The van der Waals surface area contributed by atoms with Crippen molar-refractivity contribution in [1.29, 1.82) is 0 Å². The molecular formula is C20H18N2. The van der Waals surface area contributed by atoms with Crippen LogP contribution in [-0.2, 0) is 0 Å². The second-order valence-electron chi connectivity index (χ2n) is 5.77. The molecule has 1 aliphatic carbocycles. The largest absolute Gasteiger partial charge is 0.344 e. The molecule has 1 aromatic rings. The predicted molar refractivity (Wildman–Crippen MR) is 94.1 cm³/mol. The molecule has 0 radical (unpaired) electrons. The van der Waals surface area contributed by atoms with Crippen molar-refractivity contribution < 1.29 is 0 Å². The van der Waals surface area contributed by atoms with Gasteiger partial charge in [-0.1, -0.05) is 54.7 Å². The van der Waals surface area contributed by atoms with Crippen molar-refractivity contribution in [2.75, 3.05) is 11.9 Å². The van der Waals surface area contributed by atoms with E-state index in [1.165, 1.54) is 11.3 Å². The van der Waals surface area contributed by atoms with Crippen molar-refractivity contribution in [3.05, 3.63) is 84.1 Å². The summed E-state index contributed by atoms with van der Waals surface area (Å²) in [6.45, 7) is 0. The van der Waals surface area contributed by atoms with Crippen molar-refractivity contribution in [3.8, 4) is 0 Å². The molecule has 0 bridgehead atoms. The maximum absolute atomic E-state index is 4.84. The van der Waals surface area contributed by atoms with Crippen LogP contribution >= 0.6 is 0 Å². The van der Waals surface area contributed by atoms with E-state index in [1.54, 1.807) is 0 Å². The quantitative estimate of drug-likeness (QED) is 0.757. The lowest BCUT2D eigenvalue weighted by Gasteiger charge is -2.27. The molecule has 2 heterocycles. The maximum atomic E-state index is 4.84. The lowest BCUT2D eigenvalue weighted by atomic mass is 9.92. The van der Waals surface area contributed by atoms with Gasteiger partial charge in [-0.05, 0) is 29.9 Å². The van der Waals surface area contributed by atoms with Gasteiger partial charge in [0.05, 0.1) is 11.8 Å². The molecule has 1 aromatic carbocycles. The highest BCUT2D eigenvalue weighted by molar-refractivity contribution is 6.06. The Bertz CT molecular complexity index is 775. The van der Waals surface area contributed by atoms with Gasteiger partial charge in [0, 0.05) is 24.4 Å². The summed E-state index contributed by atoms with van der Waals surface area (Å²) >= 11 is 0. The van der Waals surface area contributed by atoms with Gasteiger partial charge in [0.15, 0.2) is 0 Å². The van der Waals surface area contributed by atoms with Crippen LogP contribution in [0.4, 0.5) is 5.69 Å². The first-order chi connectivity index (χ1) is 10.8. The molecule has 22 heavy (non-hydrogen) atoms. The maximum Gasteiger partial charge on any atom is 0.0787 e. The number of benzene rings is 1. The number of dihydropyridines is 1. The summed E-state index contributed by atoms with van der Waals surface area (Å²) in [7, 11) is 2.10. The van der Waals surface area contributed by atoms with Crippen molar-refractivity contribution in [3.63, 3.8) is 0 Å². The first-order valence-corrected chi connectivity index (χ1v) is 7.65. The van der Waals surface area contributed by atoms with Gasteiger partial charge in [-0.15, -0.1) is 0 Å². The minimum absolute atomic E-state index is 0.243. The SMILES string of the molecule is CN1/C(=C/C2=NC3C=CC=CC3C=C2)C=Cc2ccccc21. The summed E-state index contributed by atoms with van der Waals surface area (Å²) in [6, 6.07) is 8.68. The van der Waals surface area contributed by atoms with Crippen LogP contribution in [0.15, 0.2) is 83.6 Å². The zero-order chi connectivity index (χ0) is 14.9. The van der Waals surface area contributed by atoms with Crippen LogP contribution in [0.25, 0.3) is 6.08 Å². The highest BCUT2D eigenvalue weighted by Gasteiger charge is 2.19. The number of nitrogens with zero attached hydrogens (tertiary/aromatic N) is 2. The number of hydrogen-bond acceptors (Lipinski definition) is 2. The number of aliphatic imine (C=N–C) groups is 1. The van der Waals surface area contributed by atoms with E-state index in [2.05, 4.69) is 90.9 Å². The Hall–Kier alpha value is -2.61. The lowest BCUT2D eigenvalue weighted by Crippen LogP contribution is -2.22. The average Bonchev–Trinajstić information content (AvgIpc) is 2.57. The fraction of sp³-hybridized carbons (Fsp3) is 0.150. The van der Waals surface area contributed by atoms with Gasteiger partial charge < -0.3 is 4.90 Å². The topological polar surface area (TPSA) is 15.6 Å². The van der Waals surface area contributed by atoms with Crippen molar-refractivity contribution in [2.45, 2.75) is 6.04 Å². The minimum atomic E-state index is 0.243. The highest BCUT2D eigenvalue weighted by atomic mass is 15.1. The van der Waals surface area contributed by atoms with Crippen LogP contribution in [0.5, 0.6) is 0 Å². The van der Waals surface area contributed by atoms with E-state index in [0.717, 1.165) is 11.4 Å². The van der Waals surface area contributed by atoms with Gasteiger partial charge in [-0.3, -0.25) is 4.99 Å². The van der Waals surface area contributed by atoms with Crippen LogP contribution in [0.1, 0.15) is 5.56 Å². The number of hydrogen-bond donors (Lipinski definition) is 0. The number of likely N-dealkylation sites (N-methyl/N-ethyl adjacent to an activating group) is 1. The van der Waals surface area contributed by atoms with Crippen molar-refractivity contribution >= 4 is 17.5 Å². The second-order valence-corrected chi connectivity index (χ2v) is 5.77. The van der Waals surface area contributed by atoms with Gasteiger partial charge in [-0.2, -0.15) is 0 Å². The number of rotatable bonds is 1.